The minimum absolute atomic E-state index is 0.0655. The number of carbonyl (C=O) groups is 1. The quantitative estimate of drug-likeness (QED) is 0.270. The lowest BCUT2D eigenvalue weighted by molar-refractivity contribution is -0.146. The van der Waals surface area contributed by atoms with Gasteiger partial charge in [-0.15, -0.1) is 11.3 Å². The van der Waals surface area contributed by atoms with Crippen molar-refractivity contribution in [1.29, 1.82) is 0 Å². The molecular formula is C20H21Cl2N3O3S2. The summed E-state index contributed by atoms with van der Waals surface area (Å²) in [7, 11) is 1.40. The first-order valence-corrected chi connectivity index (χ1v) is 11.3. The molecule has 0 unspecified atom stereocenters. The van der Waals surface area contributed by atoms with Crippen molar-refractivity contribution in [3.8, 4) is 16.2 Å². The Morgan fingerprint density at radius 3 is 2.67 bits per heavy atom. The van der Waals surface area contributed by atoms with Crippen LogP contribution in [0.15, 0.2) is 28.7 Å². The third-order valence-electron chi connectivity index (χ3n) is 4.87. The maximum atomic E-state index is 11.8. The molecule has 160 valence electrons. The number of halogens is 2. The maximum absolute atomic E-state index is 11.8. The Kier molecular flexibility index (Phi) is 7.57. The van der Waals surface area contributed by atoms with Gasteiger partial charge in [-0.1, -0.05) is 29.3 Å². The van der Waals surface area contributed by atoms with E-state index in [9.17, 15) is 9.90 Å². The summed E-state index contributed by atoms with van der Waals surface area (Å²) in [5.41, 5.74) is 1.24. The number of carbonyl (C=O) groups excluding carboxylic acids is 1. The molecule has 2 heterocycles. The fourth-order valence-electron chi connectivity index (χ4n) is 3.27. The van der Waals surface area contributed by atoms with Crippen molar-refractivity contribution in [3.05, 3.63) is 33.6 Å². The third-order valence-corrected chi connectivity index (χ3v) is 7.04. The number of benzene rings is 1. The zero-order chi connectivity index (χ0) is 21.8. The number of ether oxygens (including phenoxy) is 1. The monoisotopic (exact) mass is 485 g/mol. The molecule has 2 aromatic rings. The second-order valence-corrected chi connectivity index (χ2v) is 8.74. The first kappa shape index (κ1) is 22.8. The molecule has 1 aliphatic heterocycles. The molecule has 0 spiro atoms. The summed E-state index contributed by atoms with van der Waals surface area (Å²) in [5.74, 6) is -0.241. The maximum Gasteiger partial charge on any atom is 0.308 e. The molecule has 30 heavy (non-hydrogen) atoms. The van der Waals surface area contributed by atoms with Gasteiger partial charge in [-0.05, 0) is 49.7 Å². The molecule has 3 rings (SSSR count). The number of hydrogen-bond donors (Lipinski definition) is 1. The Balaban J connectivity index is 1.83. The highest BCUT2D eigenvalue weighted by atomic mass is 35.5. The smallest absolute Gasteiger partial charge is 0.308 e. The van der Waals surface area contributed by atoms with Crippen molar-refractivity contribution in [2.75, 3.05) is 25.2 Å². The Morgan fingerprint density at radius 2 is 2.07 bits per heavy atom. The largest absolute Gasteiger partial charge is 0.504 e. The number of aromatic hydroxyl groups is 1. The lowest BCUT2D eigenvalue weighted by atomic mass is 9.97. The highest BCUT2D eigenvalue weighted by Crippen LogP contribution is 2.45. The molecule has 0 aliphatic carbocycles. The molecule has 1 N–H and O–H groups in total. The SMILES string of the molecule is CC=NN(C(=S)N1CCC(C(=O)OC)CC1)c1csc(-c2ccc(Cl)c(Cl)c2)c1O. The number of likely N-dealkylation sites (tertiary alicyclic amines) is 1. The van der Waals surface area contributed by atoms with Crippen LogP contribution in [0.4, 0.5) is 5.69 Å². The molecule has 0 saturated carbocycles. The average Bonchev–Trinajstić information content (AvgIpc) is 3.14. The van der Waals surface area contributed by atoms with E-state index in [0.29, 0.717) is 51.7 Å². The van der Waals surface area contributed by atoms with Gasteiger partial charge < -0.3 is 14.7 Å². The van der Waals surface area contributed by atoms with Crippen LogP contribution in [-0.4, -0.2) is 47.5 Å². The number of nitrogens with zero attached hydrogens (tertiary/aromatic N) is 3. The van der Waals surface area contributed by atoms with E-state index in [2.05, 4.69) is 5.10 Å². The minimum atomic E-state index is -0.189. The van der Waals surface area contributed by atoms with Gasteiger partial charge in [0.25, 0.3) is 0 Å². The van der Waals surface area contributed by atoms with Gasteiger partial charge in [0.1, 0.15) is 5.69 Å². The van der Waals surface area contributed by atoms with E-state index in [1.165, 1.54) is 18.4 Å². The van der Waals surface area contributed by atoms with Gasteiger partial charge in [0.15, 0.2) is 10.9 Å². The fraction of sp³-hybridized carbons (Fsp3) is 0.350. The van der Waals surface area contributed by atoms with Gasteiger partial charge in [-0.3, -0.25) is 4.79 Å². The van der Waals surface area contributed by atoms with Gasteiger partial charge in [0, 0.05) is 24.7 Å². The molecule has 0 amide bonds. The van der Waals surface area contributed by atoms with E-state index >= 15 is 0 Å². The van der Waals surface area contributed by atoms with Gasteiger partial charge in [-0.2, -0.15) is 5.10 Å². The molecule has 1 aromatic carbocycles. The number of esters is 1. The van der Waals surface area contributed by atoms with Crippen LogP contribution in [0.2, 0.25) is 10.0 Å². The van der Waals surface area contributed by atoms with Crippen LogP contribution in [0, 0.1) is 5.92 Å². The standard InChI is InChI=1S/C20H21Cl2N3O3S2/c1-3-23-25(20(29)24-8-6-12(7-9-24)19(27)28-2)16-11-30-18(17(16)26)13-4-5-14(21)15(22)10-13/h3-5,10-12,26H,6-9H2,1-2H3. The lowest BCUT2D eigenvalue weighted by Gasteiger charge is -2.35. The normalized spacial score (nSPS) is 14.9. The highest BCUT2D eigenvalue weighted by Gasteiger charge is 2.30. The lowest BCUT2D eigenvalue weighted by Crippen LogP contribution is -2.45. The Hall–Kier alpha value is -1.87. The third kappa shape index (κ3) is 4.72. The highest BCUT2D eigenvalue weighted by molar-refractivity contribution is 7.80. The van der Waals surface area contributed by atoms with E-state index in [4.69, 9.17) is 40.2 Å². The Morgan fingerprint density at radius 1 is 1.37 bits per heavy atom. The van der Waals surface area contributed by atoms with Crippen LogP contribution in [0.5, 0.6) is 5.75 Å². The van der Waals surface area contributed by atoms with Crippen molar-refractivity contribution in [2.45, 2.75) is 19.8 Å². The molecule has 10 heteroatoms. The first-order chi connectivity index (χ1) is 14.4. The molecule has 0 atom stereocenters. The predicted octanol–water partition coefficient (Wildman–Crippen LogP) is 5.41. The van der Waals surface area contributed by atoms with Crippen LogP contribution in [0.25, 0.3) is 10.4 Å². The molecule has 0 radical (unpaired) electrons. The fourth-order valence-corrected chi connectivity index (χ4v) is 4.82. The first-order valence-electron chi connectivity index (χ1n) is 9.28. The molecule has 1 saturated heterocycles. The zero-order valence-electron chi connectivity index (χ0n) is 16.5. The summed E-state index contributed by atoms with van der Waals surface area (Å²) >= 11 is 19.2. The number of piperidine rings is 1. The van der Waals surface area contributed by atoms with E-state index in [1.807, 2.05) is 4.90 Å². The minimum Gasteiger partial charge on any atom is -0.504 e. The van der Waals surface area contributed by atoms with E-state index in [-0.39, 0.29) is 17.6 Å². The molecule has 1 aliphatic rings. The van der Waals surface area contributed by atoms with E-state index in [0.717, 1.165) is 5.56 Å². The van der Waals surface area contributed by atoms with Gasteiger partial charge in [-0.25, -0.2) is 5.01 Å². The van der Waals surface area contributed by atoms with Crippen molar-refractivity contribution >= 4 is 69.7 Å². The molecular weight excluding hydrogens is 465 g/mol. The summed E-state index contributed by atoms with van der Waals surface area (Å²) in [6.07, 6.45) is 2.92. The van der Waals surface area contributed by atoms with Crippen LogP contribution < -0.4 is 5.01 Å². The van der Waals surface area contributed by atoms with Crippen LogP contribution in [-0.2, 0) is 9.53 Å². The number of methoxy groups -OCH3 is 1. The summed E-state index contributed by atoms with van der Waals surface area (Å²) in [5, 5.41) is 20.0. The number of anilines is 1. The van der Waals surface area contributed by atoms with Crippen molar-refractivity contribution in [3.63, 3.8) is 0 Å². The number of thiocarbonyl (C=S) groups is 1. The summed E-state index contributed by atoms with van der Waals surface area (Å²) < 4.78 is 4.84. The number of hydrazone groups is 1. The molecule has 6 nitrogen and oxygen atoms in total. The van der Waals surface area contributed by atoms with E-state index in [1.54, 1.807) is 41.7 Å². The number of rotatable bonds is 4. The number of hydrogen-bond acceptors (Lipinski definition) is 6. The Bertz CT molecular complexity index is 972. The number of thiophene rings is 1. The zero-order valence-corrected chi connectivity index (χ0v) is 19.6. The van der Waals surface area contributed by atoms with Crippen LogP contribution >= 0.6 is 46.8 Å². The molecule has 1 aromatic heterocycles. The summed E-state index contributed by atoms with van der Waals surface area (Å²) in [6, 6.07) is 5.20. The molecule has 1 fully saturated rings. The van der Waals surface area contributed by atoms with Crippen molar-refractivity contribution in [2.24, 2.45) is 11.0 Å². The topological polar surface area (TPSA) is 65.4 Å². The van der Waals surface area contributed by atoms with Gasteiger partial charge >= 0.3 is 5.97 Å². The van der Waals surface area contributed by atoms with Crippen molar-refractivity contribution < 1.29 is 14.6 Å². The van der Waals surface area contributed by atoms with Crippen LogP contribution in [0.3, 0.4) is 0 Å². The van der Waals surface area contributed by atoms with Gasteiger partial charge in [0.2, 0.25) is 0 Å². The van der Waals surface area contributed by atoms with Crippen LogP contribution in [0.1, 0.15) is 19.8 Å². The summed E-state index contributed by atoms with van der Waals surface area (Å²) in [6.45, 7) is 3.00. The van der Waals surface area contributed by atoms with Gasteiger partial charge in [0.05, 0.1) is 28.0 Å². The summed E-state index contributed by atoms with van der Waals surface area (Å²) in [4.78, 5) is 14.4. The van der Waals surface area contributed by atoms with Crippen molar-refractivity contribution in [1.82, 2.24) is 4.90 Å². The predicted molar refractivity (Wildman–Crippen MR) is 127 cm³/mol. The van der Waals surface area contributed by atoms with E-state index < -0.39 is 0 Å². The molecule has 0 bridgehead atoms. The second-order valence-electron chi connectivity index (χ2n) is 6.68. The Labute approximate surface area is 194 Å². The second kappa shape index (κ2) is 9.96. The average molecular weight is 486 g/mol.